The molecule has 1 rings (SSSR count). The quantitative estimate of drug-likeness (QED) is 0.858. The van der Waals surface area contributed by atoms with E-state index in [4.69, 9.17) is 5.11 Å². The number of aliphatic carboxylic acids is 1. The third kappa shape index (κ3) is 3.77. The third-order valence-electron chi connectivity index (χ3n) is 2.97. The lowest BCUT2D eigenvalue weighted by Gasteiger charge is -2.26. The second kappa shape index (κ2) is 5.82. The molecule has 0 aliphatic heterocycles. The second-order valence-corrected chi connectivity index (χ2v) is 5.08. The van der Waals surface area contributed by atoms with Crippen molar-refractivity contribution in [2.75, 3.05) is 0 Å². The summed E-state index contributed by atoms with van der Waals surface area (Å²) in [6, 6.07) is 5.56. The molecule has 5 heteroatoms. The SMILES string of the molecule is C[C@@H](CC(=O)O)NC(=O)C(C)(C)c1ccccc1F. The number of carboxylic acid groups (broad SMARTS) is 1. The van der Waals surface area contributed by atoms with Crippen molar-refractivity contribution in [3.05, 3.63) is 35.6 Å². The summed E-state index contributed by atoms with van der Waals surface area (Å²) in [6.07, 6.45) is -0.168. The Bertz CT molecular complexity index is 485. The summed E-state index contributed by atoms with van der Waals surface area (Å²) in [6.45, 7) is 4.81. The molecule has 0 saturated heterocycles. The van der Waals surface area contributed by atoms with Crippen LogP contribution in [0.15, 0.2) is 24.3 Å². The summed E-state index contributed by atoms with van der Waals surface area (Å²) >= 11 is 0. The molecule has 0 aliphatic rings. The van der Waals surface area contributed by atoms with Gasteiger partial charge < -0.3 is 10.4 Å². The van der Waals surface area contributed by atoms with Crippen LogP contribution in [0.1, 0.15) is 32.8 Å². The Balaban J connectivity index is 2.86. The zero-order chi connectivity index (χ0) is 14.6. The summed E-state index contributed by atoms with van der Waals surface area (Å²) in [4.78, 5) is 22.7. The molecule has 1 aromatic rings. The van der Waals surface area contributed by atoms with Crippen molar-refractivity contribution in [1.29, 1.82) is 0 Å². The average Bonchev–Trinajstić information content (AvgIpc) is 2.27. The molecule has 1 atom stereocenters. The van der Waals surface area contributed by atoms with E-state index in [1.807, 2.05) is 0 Å². The van der Waals surface area contributed by atoms with Gasteiger partial charge in [-0.15, -0.1) is 0 Å². The third-order valence-corrected chi connectivity index (χ3v) is 2.97. The van der Waals surface area contributed by atoms with E-state index in [-0.39, 0.29) is 12.0 Å². The standard InChI is InChI=1S/C14H18FNO3/c1-9(8-12(17)18)16-13(19)14(2,3)10-6-4-5-7-11(10)15/h4-7,9H,8H2,1-3H3,(H,16,19)(H,17,18)/t9-/m0/s1. The number of hydrogen-bond donors (Lipinski definition) is 2. The molecule has 0 heterocycles. The summed E-state index contributed by atoms with van der Waals surface area (Å²) in [5, 5.41) is 11.2. The van der Waals surface area contributed by atoms with Crippen LogP contribution >= 0.6 is 0 Å². The Morgan fingerprint density at radius 1 is 1.37 bits per heavy atom. The van der Waals surface area contributed by atoms with E-state index in [0.717, 1.165) is 0 Å². The predicted molar refractivity (Wildman–Crippen MR) is 69.3 cm³/mol. The molecule has 104 valence electrons. The average molecular weight is 267 g/mol. The molecule has 0 aromatic heterocycles. The lowest BCUT2D eigenvalue weighted by Crippen LogP contribution is -2.45. The molecule has 4 nitrogen and oxygen atoms in total. The summed E-state index contributed by atoms with van der Waals surface area (Å²) in [5.74, 6) is -1.84. The summed E-state index contributed by atoms with van der Waals surface area (Å²) in [5.41, 5.74) is -0.770. The first-order valence-corrected chi connectivity index (χ1v) is 6.03. The number of amides is 1. The second-order valence-electron chi connectivity index (χ2n) is 5.08. The van der Waals surface area contributed by atoms with Gasteiger partial charge in [-0.25, -0.2) is 4.39 Å². The molecular weight excluding hydrogens is 249 g/mol. The Labute approximate surface area is 111 Å². The fraction of sp³-hybridized carbons (Fsp3) is 0.429. The summed E-state index contributed by atoms with van der Waals surface area (Å²) < 4.78 is 13.7. The van der Waals surface area contributed by atoms with Crippen molar-refractivity contribution in [2.45, 2.75) is 38.6 Å². The van der Waals surface area contributed by atoms with Crippen LogP contribution in [0.4, 0.5) is 4.39 Å². The highest BCUT2D eigenvalue weighted by Crippen LogP contribution is 2.26. The highest BCUT2D eigenvalue weighted by Gasteiger charge is 2.33. The van der Waals surface area contributed by atoms with E-state index in [9.17, 15) is 14.0 Å². The lowest BCUT2D eigenvalue weighted by atomic mass is 9.83. The first kappa shape index (κ1) is 15.1. The highest BCUT2D eigenvalue weighted by molar-refractivity contribution is 5.87. The minimum atomic E-state index is -1.06. The van der Waals surface area contributed by atoms with Gasteiger partial charge in [0, 0.05) is 11.6 Å². The Morgan fingerprint density at radius 2 is 1.95 bits per heavy atom. The zero-order valence-corrected chi connectivity index (χ0v) is 11.2. The van der Waals surface area contributed by atoms with Gasteiger partial charge in [0.25, 0.3) is 0 Å². The van der Waals surface area contributed by atoms with Gasteiger partial charge in [0.15, 0.2) is 0 Å². The van der Waals surface area contributed by atoms with Crippen molar-refractivity contribution in [2.24, 2.45) is 0 Å². The number of benzene rings is 1. The van der Waals surface area contributed by atoms with E-state index in [2.05, 4.69) is 5.32 Å². The first-order valence-electron chi connectivity index (χ1n) is 6.03. The van der Waals surface area contributed by atoms with Crippen molar-refractivity contribution >= 4 is 11.9 Å². The van der Waals surface area contributed by atoms with Crippen LogP contribution in [0, 0.1) is 5.82 Å². The summed E-state index contributed by atoms with van der Waals surface area (Å²) in [7, 11) is 0. The van der Waals surface area contributed by atoms with Gasteiger partial charge in [-0.1, -0.05) is 18.2 Å². The first-order chi connectivity index (χ1) is 8.75. The van der Waals surface area contributed by atoms with Gasteiger partial charge >= 0.3 is 5.97 Å². The molecule has 0 bridgehead atoms. The largest absolute Gasteiger partial charge is 0.481 e. The van der Waals surface area contributed by atoms with E-state index in [0.29, 0.717) is 0 Å². The molecule has 2 N–H and O–H groups in total. The van der Waals surface area contributed by atoms with Crippen molar-refractivity contribution < 1.29 is 19.1 Å². The zero-order valence-electron chi connectivity index (χ0n) is 11.2. The van der Waals surface area contributed by atoms with Crippen molar-refractivity contribution in [3.8, 4) is 0 Å². The smallest absolute Gasteiger partial charge is 0.305 e. The molecule has 0 radical (unpaired) electrons. The minimum absolute atomic E-state index is 0.168. The number of halogens is 1. The van der Waals surface area contributed by atoms with E-state index in [1.54, 1.807) is 39.0 Å². The molecular formula is C14H18FNO3. The van der Waals surface area contributed by atoms with Crippen molar-refractivity contribution in [1.82, 2.24) is 5.32 Å². The van der Waals surface area contributed by atoms with E-state index < -0.39 is 29.2 Å². The highest BCUT2D eigenvalue weighted by atomic mass is 19.1. The normalized spacial score (nSPS) is 12.8. The van der Waals surface area contributed by atoms with Crippen LogP contribution in [0.5, 0.6) is 0 Å². The fourth-order valence-corrected chi connectivity index (χ4v) is 1.81. The van der Waals surface area contributed by atoms with Crippen LogP contribution in [0.25, 0.3) is 0 Å². The van der Waals surface area contributed by atoms with Crippen LogP contribution < -0.4 is 5.32 Å². The number of carbonyl (C=O) groups is 2. The minimum Gasteiger partial charge on any atom is -0.481 e. The lowest BCUT2D eigenvalue weighted by molar-refractivity contribution is -0.137. The van der Waals surface area contributed by atoms with Crippen molar-refractivity contribution in [3.63, 3.8) is 0 Å². The molecule has 0 saturated carbocycles. The predicted octanol–water partition coefficient (Wildman–Crippen LogP) is 2.08. The number of hydrogen-bond acceptors (Lipinski definition) is 2. The van der Waals surface area contributed by atoms with Crippen LogP contribution in [-0.2, 0) is 15.0 Å². The maximum Gasteiger partial charge on any atom is 0.305 e. The maximum atomic E-state index is 13.7. The van der Waals surface area contributed by atoms with E-state index in [1.165, 1.54) is 6.07 Å². The molecule has 1 amide bonds. The topological polar surface area (TPSA) is 66.4 Å². The van der Waals surface area contributed by atoms with Crippen LogP contribution in [-0.4, -0.2) is 23.0 Å². The monoisotopic (exact) mass is 267 g/mol. The molecule has 1 aromatic carbocycles. The number of nitrogens with one attached hydrogen (secondary N) is 1. The Morgan fingerprint density at radius 3 is 2.47 bits per heavy atom. The number of carboxylic acids is 1. The van der Waals surface area contributed by atoms with Gasteiger partial charge in [-0.05, 0) is 26.8 Å². The number of carbonyl (C=O) groups excluding carboxylic acids is 1. The van der Waals surface area contributed by atoms with Crippen LogP contribution in [0.3, 0.4) is 0 Å². The van der Waals surface area contributed by atoms with Gasteiger partial charge in [0.2, 0.25) is 5.91 Å². The van der Waals surface area contributed by atoms with Crippen LogP contribution in [0.2, 0.25) is 0 Å². The Kier molecular flexibility index (Phi) is 4.64. The molecule has 0 unspecified atom stereocenters. The number of rotatable bonds is 5. The molecule has 19 heavy (non-hydrogen) atoms. The van der Waals surface area contributed by atoms with E-state index >= 15 is 0 Å². The molecule has 0 spiro atoms. The fourth-order valence-electron chi connectivity index (χ4n) is 1.81. The molecule has 0 fully saturated rings. The van der Waals surface area contributed by atoms with Gasteiger partial charge in [0.05, 0.1) is 11.8 Å². The maximum absolute atomic E-state index is 13.7. The van der Waals surface area contributed by atoms with Gasteiger partial charge in [-0.3, -0.25) is 9.59 Å². The Hall–Kier alpha value is -1.91. The van der Waals surface area contributed by atoms with Gasteiger partial charge in [0.1, 0.15) is 5.82 Å². The van der Waals surface area contributed by atoms with Gasteiger partial charge in [-0.2, -0.15) is 0 Å². The molecule has 0 aliphatic carbocycles.